The minimum atomic E-state index is 0.0245. The van der Waals surface area contributed by atoms with Crippen LogP contribution in [0.15, 0.2) is 6.20 Å². The van der Waals surface area contributed by atoms with Gasteiger partial charge in [-0.25, -0.2) is 4.68 Å². The van der Waals surface area contributed by atoms with Crippen molar-refractivity contribution in [2.45, 2.75) is 6.54 Å². The molecule has 0 aliphatic heterocycles. The molecule has 5 N–H and O–H groups in total. The number of hydrogen-bond donors (Lipinski definition) is 3. The van der Waals surface area contributed by atoms with Crippen molar-refractivity contribution in [1.29, 1.82) is 0 Å². The second-order valence-electron chi connectivity index (χ2n) is 2.54. The number of nitrogens with zero attached hydrogens (tertiary/aromatic N) is 2. The summed E-state index contributed by atoms with van der Waals surface area (Å²) < 4.78 is 6.61. The number of rotatable bonds is 5. The van der Waals surface area contributed by atoms with Gasteiger partial charge in [-0.15, -0.1) is 0 Å². The average Bonchev–Trinajstić information content (AvgIpc) is 2.43. The number of ether oxygens (including phenoxy) is 1. The smallest absolute Gasteiger partial charge is 0.145 e. The fourth-order valence-electron chi connectivity index (χ4n) is 0.905. The van der Waals surface area contributed by atoms with Gasteiger partial charge in [-0.1, -0.05) is 0 Å². The van der Waals surface area contributed by atoms with Gasteiger partial charge in [0.25, 0.3) is 0 Å². The lowest BCUT2D eigenvalue weighted by Crippen LogP contribution is -2.11. The molecule has 6 nitrogen and oxygen atoms in total. The Morgan fingerprint density at radius 1 is 1.46 bits per heavy atom. The maximum absolute atomic E-state index is 8.43. The van der Waals surface area contributed by atoms with Crippen molar-refractivity contribution in [1.82, 2.24) is 9.78 Å². The minimum Gasteiger partial charge on any atom is -0.394 e. The van der Waals surface area contributed by atoms with Crippen molar-refractivity contribution in [2.24, 2.45) is 0 Å². The second kappa shape index (κ2) is 4.68. The Bertz CT molecular complexity index is 261. The van der Waals surface area contributed by atoms with Gasteiger partial charge in [0.1, 0.15) is 5.82 Å². The predicted octanol–water partition coefficient (Wildman–Crippen LogP) is -0.944. The van der Waals surface area contributed by atoms with Crippen LogP contribution in [-0.2, 0) is 11.3 Å². The van der Waals surface area contributed by atoms with Crippen molar-refractivity contribution in [3.8, 4) is 0 Å². The van der Waals surface area contributed by atoms with E-state index in [0.29, 0.717) is 31.3 Å². The number of anilines is 2. The van der Waals surface area contributed by atoms with E-state index in [1.54, 1.807) is 4.68 Å². The molecule has 0 fully saturated rings. The number of nitrogens with two attached hydrogens (primary N) is 2. The lowest BCUT2D eigenvalue weighted by atomic mass is 10.5. The van der Waals surface area contributed by atoms with Crippen molar-refractivity contribution < 1.29 is 9.84 Å². The van der Waals surface area contributed by atoms with Gasteiger partial charge in [0, 0.05) is 0 Å². The second-order valence-corrected chi connectivity index (χ2v) is 2.54. The van der Waals surface area contributed by atoms with Gasteiger partial charge in [0.15, 0.2) is 0 Å². The van der Waals surface area contributed by atoms with Crippen LogP contribution in [0.5, 0.6) is 0 Å². The SMILES string of the molecule is Nc1cnn(CCOCCO)c1N. The monoisotopic (exact) mass is 186 g/mol. The summed E-state index contributed by atoms with van der Waals surface area (Å²) in [6, 6.07) is 0. The summed E-state index contributed by atoms with van der Waals surface area (Å²) in [5, 5.41) is 12.4. The van der Waals surface area contributed by atoms with Crippen molar-refractivity contribution in [3.05, 3.63) is 6.20 Å². The molecule has 74 valence electrons. The number of hydrogen-bond acceptors (Lipinski definition) is 5. The largest absolute Gasteiger partial charge is 0.394 e. The number of nitrogen functional groups attached to an aromatic ring is 2. The molecule has 0 amide bonds. The molecule has 13 heavy (non-hydrogen) atoms. The quantitative estimate of drug-likeness (QED) is 0.515. The molecule has 1 rings (SSSR count). The van der Waals surface area contributed by atoms with Crippen LogP contribution in [0.4, 0.5) is 11.5 Å². The summed E-state index contributed by atoms with van der Waals surface area (Å²) >= 11 is 0. The molecule has 0 saturated heterocycles. The molecule has 0 saturated carbocycles. The third kappa shape index (κ3) is 2.60. The van der Waals surface area contributed by atoms with E-state index in [0.717, 1.165) is 0 Å². The molecule has 0 bridgehead atoms. The van der Waals surface area contributed by atoms with Crippen molar-refractivity contribution >= 4 is 11.5 Å². The van der Waals surface area contributed by atoms with E-state index in [-0.39, 0.29) is 6.61 Å². The Morgan fingerprint density at radius 3 is 2.77 bits per heavy atom. The van der Waals surface area contributed by atoms with E-state index in [1.165, 1.54) is 6.20 Å². The van der Waals surface area contributed by atoms with E-state index in [2.05, 4.69) is 5.10 Å². The van der Waals surface area contributed by atoms with E-state index >= 15 is 0 Å². The van der Waals surface area contributed by atoms with Gasteiger partial charge < -0.3 is 21.3 Å². The lowest BCUT2D eigenvalue weighted by Gasteiger charge is -2.04. The lowest BCUT2D eigenvalue weighted by molar-refractivity contribution is 0.0857. The zero-order chi connectivity index (χ0) is 9.68. The zero-order valence-electron chi connectivity index (χ0n) is 7.31. The molecule has 1 aromatic heterocycles. The molecule has 6 heteroatoms. The first-order chi connectivity index (χ1) is 6.25. The Labute approximate surface area is 76.1 Å². The molecule has 0 aromatic carbocycles. The molecule has 1 heterocycles. The predicted molar refractivity (Wildman–Crippen MR) is 49.0 cm³/mol. The zero-order valence-corrected chi connectivity index (χ0v) is 7.31. The van der Waals surface area contributed by atoms with Crippen LogP contribution in [-0.4, -0.2) is 34.7 Å². The van der Waals surface area contributed by atoms with Crippen LogP contribution >= 0.6 is 0 Å². The van der Waals surface area contributed by atoms with E-state index in [4.69, 9.17) is 21.3 Å². The highest BCUT2D eigenvalue weighted by Crippen LogP contribution is 2.11. The van der Waals surface area contributed by atoms with Gasteiger partial charge in [-0.05, 0) is 0 Å². The Balaban J connectivity index is 2.32. The van der Waals surface area contributed by atoms with Gasteiger partial charge in [0.2, 0.25) is 0 Å². The minimum absolute atomic E-state index is 0.0245. The fourth-order valence-corrected chi connectivity index (χ4v) is 0.905. The Kier molecular flexibility index (Phi) is 3.53. The van der Waals surface area contributed by atoms with Gasteiger partial charge in [-0.3, -0.25) is 0 Å². The van der Waals surface area contributed by atoms with E-state index in [9.17, 15) is 0 Å². The van der Waals surface area contributed by atoms with Crippen molar-refractivity contribution in [3.63, 3.8) is 0 Å². The topological polar surface area (TPSA) is 99.3 Å². The van der Waals surface area contributed by atoms with Gasteiger partial charge in [0.05, 0.1) is 38.2 Å². The fraction of sp³-hybridized carbons (Fsp3) is 0.571. The van der Waals surface area contributed by atoms with Crippen LogP contribution < -0.4 is 11.5 Å². The first kappa shape index (κ1) is 9.82. The van der Waals surface area contributed by atoms with Crippen LogP contribution in [0.3, 0.4) is 0 Å². The van der Waals surface area contributed by atoms with Crippen LogP contribution in [0.1, 0.15) is 0 Å². The molecule has 0 aliphatic carbocycles. The molecule has 0 unspecified atom stereocenters. The average molecular weight is 186 g/mol. The summed E-state index contributed by atoms with van der Waals surface area (Å²) in [6.45, 7) is 1.36. The molecular formula is C7H14N4O2. The van der Waals surface area contributed by atoms with Crippen LogP contribution in [0.2, 0.25) is 0 Å². The molecule has 1 aromatic rings. The highest BCUT2D eigenvalue weighted by atomic mass is 16.5. The highest BCUT2D eigenvalue weighted by Gasteiger charge is 2.02. The standard InChI is InChI=1S/C7H14N4O2/c8-6-5-10-11(7(6)9)1-3-13-4-2-12/h5,12H,1-4,8-9H2. The number of aliphatic hydroxyl groups is 1. The molecule has 0 spiro atoms. The van der Waals surface area contributed by atoms with Gasteiger partial charge >= 0.3 is 0 Å². The molecular weight excluding hydrogens is 172 g/mol. The van der Waals surface area contributed by atoms with Crippen molar-refractivity contribution in [2.75, 3.05) is 31.3 Å². The highest BCUT2D eigenvalue weighted by molar-refractivity contribution is 5.56. The van der Waals surface area contributed by atoms with Gasteiger partial charge in [-0.2, -0.15) is 5.10 Å². The summed E-state index contributed by atoms with van der Waals surface area (Å²) in [4.78, 5) is 0. The third-order valence-corrected chi connectivity index (χ3v) is 1.59. The summed E-state index contributed by atoms with van der Waals surface area (Å²) in [6.07, 6.45) is 1.50. The van der Waals surface area contributed by atoms with E-state index in [1.807, 2.05) is 0 Å². The van der Waals surface area contributed by atoms with Crippen LogP contribution in [0.25, 0.3) is 0 Å². The normalized spacial score (nSPS) is 10.5. The Hall–Kier alpha value is -1.27. The summed E-state index contributed by atoms with van der Waals surface area (Å²) in [7, 11) is 0. The molecule has 0 radical (unpaired) electrons. The first-order valence-electron chi connectivity index (χ1n) is 4.01. The third-order valence-electron chi connectivity index (χ3n) is 1.59. The maximum Gasteiger partial charge on any atom is 0.145 e. The summed E-state index contributed by atoms with van der Waals surface area (Å²) in [5.41, 5.74) is 11.5. The Morgan fingerprint density at radius 2 is 2.23 bits per heavy atom. The number of aliphatic hydroxyl groups excluding tert-OH is 1. The van der Waals surface area contributed by atoms with Crippen LogP contribution in [0, 0.1) is 0 Å². The maximum atomic E-state index is 8.43. The van der Waals surface area contributed by atoms with E-state index < -0.39 is 0 Å². The molecule has 0 aliphatic rings. The number of aromatic nitrogens is 2. The summed E-state index contributed by atoms with van der Waals surface area (Å²) in [5.74, 6) is 0.451. The first-order valence-corrected chi connectivity index (χ1v) is 4.01. The molecule has 0 atom stereocenters.